The Hall–Kier alpha value is -0.0800. The van der Waals surface area contributed by atoms with Gasteiger partial charge in [0.1, 0.15) is 0 Å². The van der Waals surface area contributed by atoms with E-state index in [-0.39, 0.29) is 6.10 Å². The first-order chi connectivity index (χ1) is 10.3. The fraction of sp³-hybridized carbons (Fsp3) is 1.00. The van der Waals surface area contributed by atoms with Gasteiger partial charge in [-0.25, -0.2) is 0 Å². The molecule has 2 heterocycles. The third-order valence-corrected chi connectivity index (χ3v) is 6.74. The van der Waals surface area contributed by atoms with E-state index in [0.29, 0.717) is 5.54 Å². The van der Waals surface area contributed by atoms with Crippen LogP contribution in [0.15, 0.2) is 0 Å². The van der Waals surface area contributed by atoms with Gasteiger partial charge in [-0.2, -0.15) is 0 Å². The Bertz CT molecular complexity index is 332. The maximum absolute atomic E-state index is 10.2. The van der Waals surface area contributed by atoms with Crippen LogP contribution in [-0.4, -0.2) is 34.2 Å². The average Bonchev–Trinajstić information content (AvgIpc) is 2.51. The molecule has 1 saturated carbocycles. The molecule has 1 N–H and O–H groups in total. The van der Waals surface area contributed by atoms with Crippen molar-refractivity contribution in [3.63, 3.8) is 0 Å². The standard InChI is InChI=1S/C19H35NO/c1-2-3-4-5-9-17-11-10-16-8-6-7-13-19(16)14-12-18(21)15-20(17)19/h16-18,21H,2-15H2,1H3/t16-,17-,18-,19-/m0/s1. The molecule has 2 aliphatic heterocycles. The highest BCUT2D eigenvalue weighted by molar-refractivity contribution is 5.07. The summed E-state index contributed by atoms with van der Waals surface area (Å²) in [6.45, 7) is 3.26. The quantitative estimate of drug-likeness (QED) is 0.754. The number of aliphatic hydroxyl groups is 1. The second-order valence-electron chi connectivity index (χ2n) is 7.97. The van der Waals surface area contributed by atoms with Gasteiger partial charge in [0.2, 0.25) is 0 Å². The number of hydrogen-bond donors (Lipinski definition) is 1. The highest BCUT2D eigenvalue weighted by Crippen LogP contribution is 2.51. The summed E-state index contributed by atoms with van der Waals surface area (Å²) in [5.41, 5.74) is 0.491. The lowest BCUT2D eigenvalue weighted by molar-refractivity contribution is -0.123. The van der Waals surface area contributed by atoms with E-state index < -0.39 is 0 Å². The molecule has 2 saturated heterocycles. The van der Waals surface area contributed by atoms with Crippen LogP contribution < -0.4 is 0 Å². The zero-order valence-electron chi connectivity index (χ0n) is 14.0. The fourth-order valence-corrected chi connectivity index (χ4v) is 5.64. The first-order valence-electron chi connectivity index (χ1n) is 9.71. The van der Waals surface area contributed by atoms with Gasteiger partial charge in [0.15, 0.2) is 0 Å². The Balaban J connectivity index is 1.68. The molecular formula is C19H35NO. The molecule has 3 fully saturated rings. The molecule has 0 amide bonds. The predicted octanol–water partition coefficient (Wildman–Crippen LogP) is 4.50. The smallest absolute Gasteiger partial charge is 0.0668 e. The van der Waals surface area contributed by atoms with Crippen LogP contribution in [0.4, 0.5) is 0 Å². The highest BCUT2D eigenvalue weighted by atomic mass is 16.3. The molecule has 0 bridgehead atoms. The number of rotatable bonds is 5. The Labute approximate surface area is 131 Å². The van der Waals surface area contributed by atoms with E-state index in [2.05, 4.69) is 11.8 Å². The Morgan fingerprint density at radius 1 is 1.00 bits per heavy atom. The zero-order chi connectivity index (χ0) is 14.7. The molecule has 0 aromatic heterocycles. The highest BCUT2D eigenvalue weighted by Gasteiger charge is 2.52. The van der Waals surface area contributed by atoms with Crippen LogP contribution in [0.5, 0.6) is 0 Å². The minimum atomic E-state index is -0.0607. The molecule has 1 spiro atoms. The van der Waals surface area contributed by atoms with Crippen molar-refractivity contribution in [3.05, 3.63) is 0 Å². The molecule has 122 valence electrons. The first-order valence-corrected chi connectivity index (χ1v) is 9.71. The maximum atomic E-state index is 10.2. The van der Waals surface area contributed by atoms with Crippen LogP contribution in [-0.2, 0) is 0 Å². The summed E-state index contributed by atoms with van der Waals surface area (Å²) in [6, 6.07) is 0.770. The molecule has 2 nitrogen and oxygen atoms in total. The van der Waals surface area contributed by atoms with E-state index in [9.17, 15) is 5.11 Å². The summed E-state index contributed by atoms with van der Waals surface area (Å²) >= 11 is 0. The Morgan fingerprint density at radius 2 is 1.90 bits per heavy atom. The second kappa shape index (κ2) is 7.00. The summed E-state index contributed by atoms with van der Waals surface area (Å²) < 4.78 is 0. The summed E-state index contributed by atoms with van der Waals surface area (Å²) in [4.78, 5) is 2.82. The van der Waals surface area contributed by atoms with Crippen molar-refractivity contribution in [3.8, 4) is 0 Å². The molecule has 3 aliphatic rings. The first kappa shape index (κ1) is 15.8. The van der Waals surface area contributed by atoms with Gasteiger partial charge in [0.05, 0.1) is 6.10 Å². The van der Waals surface area contributed by atoms with Crippen molar-refractivity contribution in [2.45, 2.75) is 108 Å². The van der Waals surface area contributed by atoms with E-state index in [0.717, 1.165) is 24.9 Å². The van der Waals surface area contributed by atoms with Crippen molar-refractivity contribution >= 4 is 0 Å². The molecule has 0 radical (unpaired) electrons. The van der Waals surface area contributed by atoms with E-state index >= 15 is 0 Å². The van der Waals surface area contributed by atoms with Crippen LogP contribution in [0.25, 0.3) is 0 Å². The summed E-state index contributed by atoms with van der Waals surface area (Å²) in [5.74, 6) is 0.936. The van der Waals surface area contributed by atoms with E-state index in [4.69, 9.17) is 0 Å². The van der Waals surface area contributed by atoms with Gasteiger partial charge >= 0.3 is 0 Å². The lowest BCUT2D eigenvalue weighted by Crippen LogP contribution is -2.66. The van der Waals surface area contributed by atoms with Crippen LogP contribution in [0, 0.1) is 5.92 Å². The van der Waals surface area contributed by atoms with E-state index in [1.165, 1.54) is 77.0 Å². The van der Waals surface area contributed by atoms with Crippen LogP contribution in [0.1, 0.15) is 90.4 Å². The van der Waals surface area contributed by atoms with Crippen molar-refractivity contribution in [1.29, 1.82) is 0 Å². The molecule has 0 aromatic rings. The Morgan fingerprint density at radius 3 is 2.76 bits per heavy atom. The minimum absolute atomic E-state index is 0.0607. The van der Waals surface area contributed by atoms with Crippen molar-refractivity contribution in [2.24, 2.45) is 5.92 Å². The lowest BCUT2D eigenvalue weighted by atomic mass is 9.62. The van der Waals surface area contributed by atoms with Crippen molar-refractivity contribution < 1.29 is 5.11 Å². The van der Waals surface area contributed by atoms with Crippen molar-refractivity contribution in [2.75, 3.05) is 6.54 Å². The monoisotopic (exact) mass is 293 g/mol. The summed E-state index contributed by atoms with van der Waals surface area (Å²) in [5, 5.41) is 10.2. The number of β-amino-alcohol motifs (C(OH)–C–C–N with tert-alkyl or cyclic N) is 1. The molecule has 21 heavy (non-hydrogen) atoms. The summed E-state index contributed by atoms with van der Waals surface area (Å²) in [6.07, 6.45) is 17.8. The van der Waals surface area contributed by atoms with Gasteiger partial charge in [0.25, 0.3) is 0 Å². The fourth-order valence-electron chi connectivity index (χ4n) is 5.64. The number of nitrogens with zero attached hydrogens (tertiary/aromatic N) is 1. The van der Waals surface area contributed by atoms with Gasteiger partial charge in [-0.1, -0.05) is 45.4 Å². The SMILES string of the molecule is CCCCCC[C@H]1CC[C@@H]2CCCC[C@]23CC[C@H](O)CN13. The van der Waals surface area contributed by atoms with Crippen LogP contribution >= 0.6 is 0 Å². The molecule has 3 rings (SSSR count). The zero-order valence-corrected chi connectivity index (χ0v) is 14.0. The largest absolute Gasteiger partial charge is 0.392 e. The average molecular weight is 293 g/mol. The number of hydrogen-bond acceptors (Lipinski definition) is 2. The molecule has 4 atom stereocenters. The normalized spacial score (nSPS) is 40.6. The molecule has 1 aliphatic carbocycles. The second-order valence-corrected chi connectivity index (χ2v) is 7.97. The third kappa shape index (κ3) is 3.17. The molecule has 2 heteroatoms. The number of aliphatic hydroxyl groups excluding tert-OH is 1. The molecule has 0 unspecified atom stereocenters. The van der Waals surface area contributed by atoms with E-state index in [1.54, 1.807) is 0 Å². The van der Waals surface area contributed by atoms with Crippen LogP contribution in [0.2, 0.25) is 0 Å². The third-order valence-electron chi connectivity index (χ3n) is 6.74. The Kier molecular flexibility index (Phi) is 5.27. The molecular weight excluding hydrogens is 258 g/mol. The molecule has 0 aromatic carbocycles. The predicted molar refractivity (Wildman–Crippen MR) is 88.4 cm³/mol. The topological polar surface area (TPSA) is 23.5 Å². The van der Waals surface area contributed by atoms with Gasteiger partial charge in [-0.05, 0) is 50.9 Å². The minimum Gasteiger partial charge on any atom is -0.392 e. The summed E-state index contributed by atoms with van der Waals surface area (Å²) in [7, 11) is 0. The van der Waals surface area contributed by atoms with Gasteiger partial charge in [-0.15, -0.1) is 0 Å². The van der Waals surface area contributed by atoms with Crippen LogP contribution in [0.3, 0.4) is 0 Å². The van der Waals surface area contributed by atoms with Gasteiger partial charge in [-0.3, -0.25) is 4.90 Å². The van der Waals surface area contributed by atoms with Crippen molar-refractivity contribution in [1.82, 2.24) is 4.90 Å². The van der Waals surface area contributed by atoms with Gasteiger partial charge < -0.3 is 5.11 Å². The van der Waals surface area contributed by atoms with Gasteiger partial charge in [0, 0.05) is 18.1 Å². The lowest BCUT2D eigenvalue weighted by Gasteiger charge is -2.61. The number of piperidine rings is 2. The number of unbranched alkanes of at least 4 members (excludes halogenated alkanes) is 3. The maximum Gasteiger partial charge on any atom is 0.0668 e. The van der Waals surface area contributed by atoms with E-state index in [1.807, 2.05) is 0 Å².